The summed E-state index contributed by atoms with van der Waals surface area (Å²) >= 11 is 0. The van der Waals surface area contributed by atoms with Crippen molar-refractivity contribution in [2.24, 2.45) is 0 Å². The first-order valence-corrected chi connectivity index (χ1v) is 9.88. The van der Waals surface area contributed by atoms with Gasteiger partial charge in [-0.15, -0.1) is 0 Å². The molecule has 27 heavy (non-hydrogen) atoms. The number of fused-ring (bicyclic) bond motifs is 1. The maximum Gasteiger partial charge on any atom is 0.226 e. The van der Waals surface area contributed by atoms with Crippen LogP contribution in [0.5, 0.6) is 0 Å². The summed E-state index contributed by atoms with van der Waals surface area (Å²) in [5, 5.41) is 11.4. The molecule has 3 aromatic rings. The number of nitrogens with zero attached hydrogens (tertiary/aromatic N) is 3. The molecule has 0 N–H and O–H groups in total. The number of nitriles is 1. The first-order chi connectivity index (χ1) is 13.3. The van der Waals surface area contributed by atoms with Gasteiger partial charge in [0, 0.05) is 31.1 Å². The fourth-order valence-electron chi connectivity index (χ4n) is 4.15. The van der Waals surface area contributed by atoms with Gasteiger partial charge in [0.2, 0.25) is 5.89 Å². The second-order valence-corrected chi connectivity index (χ2v) is 7.34. The Morgan fingerprint density at radius 1 is 1.07 bits per heavy atom. The Morgan fingerprint density at radius 3 is 2.74 bits per heavy atom. The van der Waals surface area contributed by atoms with Crippen molar-refractivity contribution in [3.05, 3.63) is 54.4 Å². The van der Waals surface area contributed by atoms with E-state index >= 15 is 0 Å². The number of hydrogen-bond donors (Lipinski definition) is 0. The molecule has 2 aromatic carbocycles. The highest BCUT2D eigenvalue weighted by Crippen LogP contribution is 2.29. The molecule has 0 atom stereocenters. The molecule has 138 valence electrons. The minimum Gasteiger partial charge on any atom is -0.444 e. The topological polar surface area (TPSA) is 53.1 Å². The van der Waals surface area contributed by atoms with Crippen molar-refractivity contribution >= 4 is 10.8 Å². The predicted molar refractivity (Wildman–Crippen MR) is 107 cm³/mol. The smallest absolute Gasteiger partial charge is 0.226 e. The van der Waals surface area contributed by atoms with Gasteiger partial charge in [-0.1, -0.05) is 55.7 Å². The molecule has 1 saturated carbocycles. The lowest BCUT2D eigenvalue weighted by molar-refractivity contribution is 0.149. The Hall–Kier alpha value is -2.64. The molecule has 1 aliphatic rings. The van der Waals surface area contributed by atoms with E-state index in [1.54, 1.807) is 6.26 Å². The van der Waals surface area contributed by atoms with Crippen molar-refractivity contribution in [3.63, 3.8) is 0 Å². The summed E-state index contributed by atoms with van der Waals surface area (Å²) in [6.45, 7) is 1.55. The summed E-state index contributed by atoms with van der Waals surface area (Å²) in [6.07, 6.45) is 8.68. The maximum atomic E-state index is 9.02. The van der Waals surface area contributed by atoms with Crippen molar-refractivity contribution < 1.29 is 4.42 Å². The highest BCUT2D eigenvalue weighted by Gasteiger charge is 2.22. The van der Waals surface area contributed by atoms with E-state index in [-0.39, 0.29) is 0 Å². The number of benzene rings is 2. The summed E-state index contributed by atoms with van der Waals surface area (Å²) < 4.78 is 5.85. The molecule has 1 fully saturated rings. The third-order valence-electron chi connectivity index (χ3n) is 5.54. The van der Waals surface area contributed by atoms with Gasteiger partial charge >= 0.3 is 0 Å². The molecule has 0 amide bonds. The standard InChI is InChI=1S/C23H25N3O/c24-14-7-15-26(20-10-2-1-3-11-20)16-19-17-27-23(25-19)22-13-6-9-18-8-4-5-12-21(18)22/h4-6,8-9,12-13,17,20H,1-3,7,10-11,15-16H2. The van der Waals surface area contributed by atoms with Gasteiger partial charge in [-0.05, 0) is 29.7 Å². The first kappa shape index (κ1) is 17.8. The summed E-state index contributed by atoms with van der Waals surface area (Å²) in [5.41, 5.74) is 1.97. The van der Waals surface area contributed by atoms with E-state index in [0.29, 0.717) is 18.4 Å². The molecule has 1 aromatic heterocycles. The van der Waals surface area contributed by atoms with Crippen molar-refractivity contribution in [2.75, 3.05) is 6.54 Å². The minimum absolute atomic E-state index is 0.560. The molecule has 4 rings (SSSR count). The normalized spacial score (nSPS) is 15.3. The second-order valence-electron chi connectivity index (χ2n) is 7.34. The Balaban J connectivity index is 1.56. The van der Waals surface area contributed by atoms with Gasteiger partial charge in [-0.25, -0.2) is 4.98 Å². The molecule has 0 spiro atoms. The summed E-state index contributed by atoms with van der Waals surface area (Å²) in [7, 11) is 0. The molecule has 0 bridgehead atoms. The highest BCUT2D eigenvalue weighted by molar-refractivity contribution is 5.94. The molecular formula is C23H25N3O. The summed E-state index contributed by atoms with van der Waals surface area (Å²) in [5.74, 6) is 0.672. The monoisotopic (exact) mass is 359 g/mol. The first-order valence-electron chi connectivity index (χ1n) is 9.88. The fraction of sp³-hybridized carbons (Fsp3) is 0.391. The van der Waals surface area contributed by atoms with Gasteiger partial charge in [0.15, 0.2) is 0 Å². The summed E-state index contributed by atoms with van der Waals surface area (Å²) in [4.78, 5) is 7.21. The SMILES string of the molecule is N#CCCN(Cc1coc(-c2cccc3ccccc23)n1)C1CCCCC1. The molecule has 0 saturated heterocycles. The van der Waals surface area contributed by atoms with Gasteiger partial charge in [-0.2, -0.15) is 5.26 Å². The van der Waals surface area contributed by atoms with E-state index in [1.807, 2.05) is 18.2 Å². The van der Waals surface area contributed by atoms with Crippen LogP contribution >= 0.6 is 0 Å². The van der Waals surface area contributed by atoms with Crippen LogP contribution in [-0.4, -0.2) is 22.5 Å². The van der Waals surface area contributed by atoms with Gasteiger partial charge in [0.1, 0.15) is 6.26 Å². The van der Waals surface area contributed by atoms with E-state index < -0.39 is 0 Å². The third-order valence-corrected chi connectivity index (χ3v) is 5.54. The molecule has 0 aliphatic heterocycles. The zero-order chi connectivity index (χ0) is 18.5. The van der Waals surface area contributed by atoms with Crippen LogP contribution in [0.15, 0.2) is 53.1 Å². The van der Waals surface area contributed by atoms with Crippen LogP contribution in [0.25, 0.3) is 22.2 Å². The minimum atomic E-state index is 0.560. The van der Waals surface area contributed by atoms with Crippen LogP contribution < -0.4 is 0 Å². The quantitative estimate of drug-likeness (QED) is 0.579. The Bertz CT molecular complexity index is 929. The maximum absolute atomic E-state index is 9.02. The fourth-order valence-corrected chi connectivity index (χ4v) is 4.15. The van der Waals surface area contributed by atoms with Crippen molar-refractivity contribution in [2.45, 2.75) is 51.1 Å². The molecule has 1 aliphatic carbocycles. The van der Waals surface area contributed by atoms with Crippen LogP contribution in [0.1, 0.15) is 44.2 Å². The van der Waals surface area contributed by atoms with Gasteiger partial charge in [0.25, 0.3) is 0 Å². The third kappa shape index (κ3) is 4.04. The Labute approximate surface area is 160 Å². The van der Waals surface area contributed by atoms with E-state index in [2.05, 4.69) is 35.2 Å². The van der Waals surface area contributed by atoms with E-state index in [1.165, 1.54) is 37.5 Å². The molecule has 0 radical (unpaired) electrons. The molecule has 4 nitrogen and oxygen atoms in total. The van der Waals surface area contributed by atoms with Gasteiger partial charge in [0.05, 0.1) is 11.8 Å². The van der Waals surface area contributed by atoms with E-state index in [9.17, 15) is 0 Å². The number of oxazole rings is 1. The molecule has 4 heteroatoms. The van der Waals surface area contributed by atoms with Crippen molar-refractivity contribution in [1.29, 1.82) is 5.26 Å². The lowest BCUT2D eigenvalue weighted by atomic mass is 9.94. The van der Waals surface area contributed by atoms with Crippen LogP contribution in [0, 0.1) is 11.3 Å². The van der Waals surface area contributed by atoms with E-state index in [4.69, 9.17) is 14.7 Å². The van der Waals surface area contributed by atoms with Crippen molar-refractivity contribution in [3.8, 4) is 17.5 Å². The Kier molecular flexibility index (Phi) is 5.50. The lowest BCUT2D eigenvalue weighted by Gasteiger charge is -2.33. The van der Waals surface area contributed by atoms with E-state index in [0.717, 1.165) is 29.7 Å². The van der Waals surface area contributed by atoms with Crippen molar-refractivity contribution in [1.82, 2.24) is 9.88 Å². The number of aromatic nitrogens is 1. The second kappa shape index (κ2) is 8.37. The molecule has 0 unspecified atom stereocenters. The molecular weight excluding hydrogens is 334 g/mol. The van der Waals surface area contributed by atoms with Crippen LogP contribution in [0.4, 0.5) is 0 Å². The highest BCUT2D eigenvalue weighted by atomic mass is 16.3. The Morgan fingerprint density at radius 2 is 1.89 bits per heavy atom. The number of rotatable bonds is 6. The number of hydrogen-bond acceptors (Lipinski definition) is 4. The predicted octanol–water partition coefficient (Wildman–Crippen LogP) is 5.54. The molecule has 1 heterocycles. The average molecular weight is 359 g/mol. The zero-order valence-electron chi connectivity index (χ0n) is 15.6. The van der Waals surface area contributed by atoms with Gasteiger partial charge < -0.3 is 4.42 Å². The average Bonchev–Trinajstić information content (AvgIpc) is 3.19. The lowest BCUT2D eigenvalue weighted by Crippen LogP contribution is -2.37. The van der Waals surface area contributed by atoms with Crippen LogP contribution in [0.3, 0.4) is 0 Å². The summed E-state index contributed by atoms with van der Waals surface area (Å²) in [6, 6.07) is 17.4. The zero-order valence-corrected chi connectivity index (χ0v) is 15.6. The largest absolute Gasteiger partial charge is 0.444 e. The van der Waals surface area contributed by atoms with Crippen LogP contribution in [-0.2, 0) is 6.54 Å². The van der Waals surface area contributed by atoms with Gasteiger partial charge in [-0.3, -0.25) is 4.90 Å². The van der Waals surface area contributed by atoms with Crippen LogP contribution in [0.2, 0.25) is 0 Å².